The van der Waals surface area contributed by atoms with E-state index in [1.165, 1.54) is 14.2 Å². The molecule has 2 aliphatic heterocycles. The van der Waals surface area contributed by atoms with Gasteiger partial charge < -0.3 is 24.3 Å². The van der Waals surface area contributed by atoms with Crippen LogP contribution in [0.15, 0.2) is 36.4 Å². The molecule has 0 aromatic carbocycles. The lowest BCUT2D eigenvalue weighted by atomic mass is 9.76. The standard InChI is InChI=1S/C42H53N5O5/c1-10-11-12-13-14-31-37-22-34-27(4)30(16-18-41(50)52-9)36(45-34)23-35-29(15-17-40(49)51-8)26(3)33(44-35)21-32-25(2)19-28(43-32)20-38(46-37)42(31,5)24-39(48)47(6)7/h14,19-23,43,45H,10-13,15-18,24H2,1-9H3/b28-20?,31-14-,32-21?,33-21?,34-22?,35-23?,36-23?,37-22?,38-20?/t42-/m0/s1. The summed E-state index contributed by atoms with van der Waals surface area (Å²) < 4.78 is 9.99. The molecular formula is C42H53N5O5. The molecule has 0 spiro atoms. The number of unbranched alkanes of at least 4 members (excludes halogenated alkanes) is 3. The molecule has 0 saturated heterocycles. The van der Waals surface area contributed by atoms with E-state index in [-0.39, 0.29) is 37.1 Å². The number of amides is 1. The second kappa shape index (κ2) is 16.1. The van der Waals surface area contributed by atoms with Crippen LogP contribution >= 0.6 is 0 Å². The average Bonchev–Trinajstić information content (AvgIpc) is 3.78. The van der Waals surface area contributed by atoms with Gasteiger partial charge >= 0.3 is 11.9 Å². The van der Waals surface area contributed by atoms with Gasteiger partial charge in [0, 0.05) is 60.8 Å². The number of rotatable bonds is 12. The summed E-state index contributed by atoms with van der Waals surface area (Å²) in [5, 5.41) is 0. The van der Waals surface area contributed by atoms with Crippen LogP contribution < -0.4 is 0 Å². The number of allylic oxidation sites excluding steroid dienone is 4. The van der Waals surface area contributed by atoms with Gasteiger partial charge in [-0.25, -0.2) is 4.98 Å². The zero-order valence-electron chi connectivity index (χ0n) is 32.2. The van der Waals surface area contributed by atoms with Gasteiger partial charge in [0.1, 0.15) is 0 Å². The molecule has 3 aromatic heterocycles. The molecule has 5 rings (SSSR count). The molecule has 1 atom stereocenters. The predicted octanol–water partition coefficient (Wildman–Crippen LogP) is 8.32. The third kappa shape index (κ3) is 8.06. The number of methoxy groups -OCH3 is 2. The minimum Gasteiger partial charge on any atom is -0.469 e. The van der Waals surface area contributed by atoms with Crippen LogP contribution in [0.2, 0.25) is 0 Å². The van der Waals surface area contributed by atoms with Gasteiger partial charge in [-0.2, -0.15) is 0 Å². The molecule has 10 nitrogen and oxygen atoms in total. The summed E-state index contributed by atoms with van der Waals surface area (Å²) in [4.78, 5) is 57.4. The molecule has 0 unspecified atom stereocenters. The second-order valence-corrected chi connectivity index (χ2v) is 14.4. The summed E-state index contributed by atoms with van der Waals surface area (Å²) in [6.45, 7) is 10.5. The van der Waals surface area contributed by atoms with E-state index in [0.717, 1.165) is 104 Å². The topological polar surface area (TPSA) is 130 Å². The minimum absolute atomic E-state index is 0.0289. The van der Waals surface area contributed by atoms with E-state index in [9.17, 15) is 14.4 Å². The van der Waals surface area contributed by atoms with Crippen molar-refractivity contribution in [1.82, 2.24) is 24.8 Å². The molecular weight excluding hydrogens is 654 g/mol. The summed E-state index contributed by atoms with van der Waals surface area (Å²) in [6.07, 6.45) is 8.07. The van der Waals surface area contributed by atoms with Gasteiger partial charge in [-0.3, -0.25) is 19.4 Å². The quantitative estimate of drug-likeness (QED) is 0.143. The first kappa shape index (κ1) is 38.2. The van der Waals surface area contributed by atoms with E-state index in [0.29, 0.717) is 12.8 Å². The van der Waals surface area contributed by atoms with E-state index < -0.39 is 5.41 Å². The molecule has 8 bridgehead atoms. The molecule has 52 heavy (non-hydrogen) atoms. The highest BCUT2D eigenvalue weighted by Gasteiger charge is 2.40. The van der Waals surface area contributed by atoms with Crippen LogP contribution in [0.5, 0.6) is 0 Å². The number of hydrogen-bond donors (Lipinski definition) is 2. The van der Waals surface area contributed by atoms with Crippen molar-refractivity contribution in [3.8, 4) is 0 Å². The van der Waals surface area contributed by atoms with Crippen molar-refractivity contribution in [2.45, 2.75) is 97.8 Å². The second-order valence-electron chi connectivity index (χ2n) is 14.4. The summed E-state index contributed by atoms with van der Waals surface area (Å²) in [6, 6.07) is 10.3. The predicted molar refractivity (Wildman–Crippen MR) is 207 cm³/mol. The lowest BCUT2D eigenvalue weighted by Gasteiger charge is -2.27. The molecule has 2 N–H and O–H groups in total. The summed E-state index contributed by atoms with van der Waals surface area (Å²) in [7, 11) is 6.39. The maximum absolute atomic E-state index is 13.5. The van der Waals surface area contributed by atoms with Gasteiger partial charge in [-0.15, -0.1) is 0 Å². The van der Waals surface area contributed by atoms with Gasteiger partial charge in [0.05, 0.1) is 37.0 Å². The fraction of sp³-hybridized carbons (Fsp3) is 0.452. The number of ether oxygens (including phenoxy) is 2. The van der Waals surface area contributed by atoms with Crippen molar-refractivity contribution < 1.29 is 23.9 Å². The first-order chi connectivity index (χ1) is 24.8. The molecule has 276 valence electrons. The van der Waals surface area contributed by atoms with E-state index >= 15 is 0 Å². The van der Waals surface area contributed by atoms with E-state index in [2.05, 4.69) is 61.9 Å². The normalized spacial score (nSPS) is 16.4. The number of carbonyl (C=O) groups is 3. The number of aromatic nitrogens is 4. The Hall–Kier alpha value is -4.99. The van der Waals surface area contributed by atoms with Crippen LogP contribution in [0.3, 0.4) is 0 Å². The van der Waals surface area contributed by atoms with Crippen molar-refractivity contribution in [3.05, 3.63) is 75.9 Å². The number of carbonyl (C=O) groups excluding carboxylic acids is 3. The molecule has 10 heteroatoms. The molecule has 3 aromatic rings. The fourth-order valence-electron chi connectivity index (χ4n) is 7.17. The highest BCUT2D eigenvalue weighted by molar-refractivity contribution is 5.94. The van der Waals surface area contributed by atoms with Crippen molar-refractivity contribution in [2.24, 2.45) is 0 Å². The SMILES string of the molecule is CCCCC/C=C1/c2cc3[nH]c(cc4nc(cc5[nH]c(cc(n2)[C@@]1(C)CC(=O)N(C)C)cc5C)C(C)=C4CCC(=O)OC)c(CCC(=O)OC)c3C. The lowest BCUT2D eigenvalue weighted by Crippen LogP contribution is -2.31. The third-order valence-corrected chi connectivity index (χ3v) is 10.5. The van der Waals surface area contributed by atoms with Crippen molar-refractivity contribution in [2.75, 3.05) is 28.3 Å². The maximum atomic E-state index is 13.5. The van der Waals surface area contributed by atoms with Crippen LogP contribution in [0.25, 0.3) is 38.8 Å². The molecule has 0 radical (unpaired) electrons. The summed E-state index contributed by atoms with van der Waals surface area (Å²) in [5.41, 5.74) is 12.0. The minimum atomic E-state index is -0.674. The number of esters is 2. The number of aryl methyl sites for hydroxylation is 3. The van der Waals surface area contributed by atoms with Crippen LogP contribution in [-0.2, 0) is 35.7 Å². The number of hydrogen-bond acceptors (Lipinski definition) is 7. The molecule has 0 fully saturated rings. The van der Waals surface area contributed by atoms with Gasteiger partial charge in [0.2, 0.25) is 5.91 Å². The number of nitrogens with zero attached hydrogens (tertiary/aromatic N) is 3. The number of nitrogens with one attached hydrogen (secondary N) is 2. The highest BCUT2D eigenvalue weighted by atomic mass is 16.5. The van der Waals surface area contributed by atoms with Gasteiger partial charge in [0.25, 0.3) is 0 Å². The van der Waals surface area contributed by atoms with Crippen molar-refractivity contribution in [1.29, 1.82) is 0 Å². The number of fused-ring (bicyclic) bond motifs is 8. The average molecular weight is 708 g/mol. The Morgan fingerprint density at radius 2 is 1.50 bits per heavy atom. The third-order valence-electron chi connectivity index (χ3n) is 10.5. The zero-order valence-corrected chi connectivity index (χ0v) is 32.2. The molecule has 0 aliphatic carbocycles. The van der Waals surface area contributed by atoms with E-state index in [1.807, 2.05) is 19.1 Å². The van der Waals surface area contributed by atoms with E-state index in [1.54, 1.807) is 19.0 Å². The van der Waals surface area contributed by atoms with Gasteiger partial charge in [0.15, 0.2) is 0 Å². The summed E-state index contributed by atoms with van der Waals surface area (Å²) >= 11 is 0. The largest absolute Gasteiger partial charge is 0.469 e. The van der Waals surface area contributed by atoms with Crippen LogP contribution in [0.4, 0.5) is 0 Å². The Morgan fingerprint density at radius 1 is 0.827 bits per heavy atom. The molecule has 1 amide bonds. The Balaban J connectivity index is 1.88. The van der Waals surface area contributed by atoms with Crippen LogP contribution in [-0.4, -0.2) is 71.0 Å². The monoisotopic (exact) mass is 707 g/mol. The zero-order chi connectivity index (χ0) is 37.7. The Labute approximate surface area is 306 Å². The first-order valence-corrected chi connectivity index (χ1v) is 18.3. The van der Waals surface area contributed by atoms with Gasteiger partial charge in [-0.1, -0.05) is 25.8 Å². The van der Waals surface area contributed by atoms with Crippen molar-refractivity contribution in [3.63, 3.8) is 0 Å². The smallest absolute Gasteiger partial charge is 0.305 e. The Bertz CT molecular complexity index is 2100. The first-order valence-electron chi connectivity index (χ1n) is 18.3. The van der Waals surface area contributed by atoms with Crippen LogP contribution in [0, 0.1) is 13.8 Å². The van der Waals surface area contributed by atoms with E-state index in [4.69, 9.17) is 19.4 Å². The van der Waals surface area contributed by atoms with Crippen molar-refractivity contribution >= 4 is 56.6 Å². The highest BCUT2D eigenvalue weighted by Crippen LogP contribution is 2.45. The fourth-order valence-corrected chi connectivity index (χ4v) is 7.17. The molecule has 5 heterocycles. The molecule has 2 aliphatic rings. The Kier molecular flexibility index (Phi) is 11.9. The Morgan fingerprint density at radius 3 is 2.17 bits per heavy atom. The molecule has 0 saturated carbocycles. The number of aromatic amines is 2. The lowest BCUT2D eigenvalue weighted by molar-refractivity contribution is -0.141. The van der Waals surface area contributed by atoms with Crippen LogP contribution in [0.1, 0.15) is 112 Å². The number of H-pyrrole nitrogens is 2. The van der Waals surface area contributed by atoms with Gasteiger partial charge in [-0.05, 0) is 117 Å². The summed E-state index contributed by atoms with van der Waals surface area (Å²) in [5.74, 6) is -0.544. The maximum Gasteiger partial charge on any atom is 0.305 e.